The predicted molar refractivity (Wildman–Crippen MR) is 80.6 cm³/mol. The SMILES string of the molecule is COc1ccc2[nH]c(=S)n(C3CCS(=O)(=O)CC3)c2c1. The molecule has 1 aliphatic heterocycles. The Hall–Kier alpha value is -1.34. The van der Waals surface area contributed by atoms with Crippen molar-refractivity contribution in [1.82, 2.24) is 9.55 Å². The van der Waals surface area contributed by atoms with Crippen molar-refractivity contribution in [1.29, 1.82) is 0 Å². The van der Waals surface area contributed by atoms with Crippen molar-refractivity contribution < 1.29 is 13.2 Å². The first-order chi connectivity index (χ1) is 9.50. The van der Waals surface area contributed by atoms with Gasteiger partial charge in [0.2, 0.25) is 0 Å². The van der Waals surface area contributed by atoms with Crippen LogP contribution in [0.5, 0.6) is 5.75 Å². The van der Waals surface area contributed by atoms with Gasteiger partial charge in [-0.25, -0.2) is 8.42 Å². The molecule has 1 saturated heterocycles. The lowest BCUT2D eigenvalue weighted by molar-refractivity contribution is 0.414. The minimum Gasteiger partial charge on any atom is -0.497 e. The standard InChI is InChI=1S/C13H16N2O3S2/c1-18-10-2-3-11-12(8-10)15(13(19)14-11)9-4-6-20(16,17)7-5-9/h2-3,8-9H,4-7H2,1H3,(H,14,19). The molecule has 1 aliphatic rings. The first-order valence-electron chi connectivity index (χ1n) is 6.49. The molecule has 108 valence electrons. The summed E-state index contributed by atoms with van der Waals surface area (Å²) < 4.78 is 31.0. The number of hydrogen-bond acceptors (Lipinski definition) is 4. The average Bonchev–Trinajstić information content (AvgIpc) is 2.74. The van der Waals surface area contributed by atoms with Crippen LogP contribution in [0.4, 0.5) is 0 Å². The molecule has 20 heavy (non-hydrogen) atoms. The van der Waals surface area contributed by atoms with Crippen molar-refractivity contribution in [2.75, 3.05) is 18.6 Å². The summed E-state index contributed by atoms with van der Waals surface area (Å²) in [6, 6.07) is 5.88. The lowest BCUT2D eigenvalue weighted by Crippen LogP contribution is -2.25. The Morgan fingerprint density at radius 1 is 1.35 bits per heavy atom. The summed E-state index contributed by atoms with van der Waals surface area (Å²) in [6.07, 6.45) is 1.22. The lowest BCUT2D eigenvalue weighted by atomic mass is 10.1. The fourth-order valence-corrected chi connectivity index (χ4v) is 4.55. The molecular formula is C13H16N2O3S2. The first-order valence-corrected chi connectivity index (χ1v) is 8.72. The molecule has 0 bridgehead atoms. The number of aromatic nitrogens is 2. The minimum absolute atomic E-state index is 0.131. The number of nitrogens with one attached hydrogen (secondary N) is 1. The van der Waals surface area contributed by atoms with E-state index in [0.29, 0.717) is 17.6 Å². The molecule has 0 radical (unpaired) electrons. The number of ether oxygens (including phenoxy) is 1. The number of benzene rings is 1. The topological polar surface area (TPSA) is 64.1 Å². The van der Waals surface area contributed by atoms with Gasteiger partial charge in [0.05, 0.1) is 29.6 Å². The van der Waals surface area contributed by atoms with Gasteiger partial charge in [-0.2, -0.15) is 0 Å². The van der Waals surface area contributed by atoms with Crippen LogP contribution in [0.3, 0.4) is 0 Å². The quantitative estimate of drug-likeness (QED) is 0.865. The van der Waals surface area contributed by atoms with Gasteiger partial charge >= 0.3 is 0 Å². The number of rotatable bonds is 2. The van der Waals surface area contributed by atoms with Crippen molar-refractivity contribution in [2.45, 2.75) is 18.9 Å². The fraction of sp³-hybridized carbons (Fsp3) is 0.462. The van der Waals surface area contributed by atoms with Crippen LogP contribution in [-0.4, -0.2) is 36.6 Å². The van der Waals surface area contributed by atoms with Gasteiger partial charge in [-0.3, -0.25) is 0 Å². The molecular weight excluding hydrogens is 296 g/mol. The summed E-state index contributed by atoms with van der Waals surface area (Å²) in [5, 5.41) is 0. The summed E-state index contributed by atoms with van der Waals surface area (Å²) in [5.74, 6) is 1.23. The summed E-state index contributed by atoms with van der Waals surface area (Å²) in [5.41, 5.74) is 1.92. The van der Waals surface area contributed by atoms with Crippen molar-refractivity contribution in [3.8, 4) is 5.75 Å². The van der Waals surface area contributed by atoms with Crippen molar-refractivity contribution >= 4 is 33.1 Å². The van der Waals surface area contributed by atoms with Crippen LogP contribution in [0.1, 0.15) is 18.9 Å². The maximum Gasteiger partial charge on any atom is 0.178 e. The molecule has 0 amide bonds. The molecule has 1 aromatic carbocycles. The molecule has 1 fully saturated rings. The zero-order valence-corrected chi connectivity index (χ0v) is 12.8. The van der Waals surface area contributed by atoms with Crippen molar-refractivity contribution in [3.63, 3.8) is 0 Å². The van der Waals surface area contributed by atoms with E-state index in [4.69, 9.17) is 17.0 Å². The molecule has 1 aromatic heterocycles. The maximum absolute atomic E-state index is 11.6. The zero-order valence-electron chi connectivity index (χ0n) is 11.1. The van der Waals surface area contributed by atoms with E-state index >= 15 is 0 Å². The Bertz CT molecular complexity index is 791. The van der Waals surface area contributed by atoms with E-state index < -0.39 is 9.84 Å². The molecule has 2 heterocycles. The highest BCUT2D eigenvalue weighted by Gasteiger charge is 2.26. The summed E-state index contributed by atoms with van der Waals surface area (Å²) >= 11 is 5.39. The highest BCUT2D eigenvalue weighted by molar-refractivity contribution is 7.91. The Kier molecular flexibility index (Phi) is 3.33. The Balaban J connectivity index is 2.07. The van der Waals surface area contributed by atoms with Gasteiger partial charge in [-0.1, -0.05) is 0 Å². The van der Waals surface area contributed by atoms with Crippen LogP contribution < -0.4 is 4.74 Å². The van der Waals surface area contributed by atoms with Crippen LogP contribution >= 0.6 is 12.2 Å². The first kappa shape index (κ1) is 13.6. The highest BCUT2D eigenvalue weighted by atomic mass is 32.2. The fourth-order valence-electron chi connectivity index (χ4n) is 2.73. The molecule has 2 aromatic rings. The second-order valence-corrected chi connectivity index (χ2v) is 7.76. The number of nitrogens with zero attached hydrogens (tertiary/aromatic N) is 1. The monoisotopic (exact) mass is 312 g/mol. The molecule has 1 N–H and O–H groups in total. The van der Waals surface area contributed by atoms with E-state index in [1.165, 1.54) is 0 Å². The molecule has 0 atom stereocenters. The maximum atomic E-state index is 11.6. The molecule has 0 spiro atoms. The second kappa shape index (κ2) is 4.89. The highest BCUT2D eigenvalue weighted by Crippen LogP contribution is 2.30. The summed E-state index contributed by atoms with van der Waals surface area (Å²) in [6.45, 7) is 0. The molecule has 0 unspecified atom stereocenters. The van der Waals surface area contributed by atoms with Gasteiger partial charge in [0.25, 0.3) is 0 Å². The van der Waals surface area contributed by atoms with E-state index in [0.717, 1.165) is 16.8 Å². The van der Waals surface area contributed by atoms with Gasteiger partial charge < -0.3 is 14.3 Å². The lowest BCUT2D eigenvalue weighted by Gasteiger charge is -2.24. The van der Waals surface area contributed by atoms with Gasteiger partial charge in [0.15, 0.2) is 4.77 Å². The van der Waals surface area contributed by atoms with Crippen molar-refractivity contribution in [2.24, 2.45) is 0 Å². The van der Waals surface area contributed by atoms with Gasteiger partial charge in [-0.05, 0) is 37.2 Å². The molecule has 3 rings (SSSR count). The third-order valence-corrected chi connectivity index (χ3v) is 5.83. The smallest absolute Gasteiger partial charge is 0.178 e. The number of sulfone groups is 1. The number of aromatic amines is 1. The molecule has 5 nitrogen and oxygen atoms in total. The van der Waals surface area contributed by atoms with Gasteiger partial charge in [0.1, 0.15) is 15.6 Å². The van der Waals surface area contributed by atoms with Crippen LogP contribution in [0.15, 0.2) is 18.2 Å². The third kappa shape index (κ3) is 2.35. The van der Waals surface area contributed by atoms with E-state index in [-0.39, 0.29) is 17.5 Å². The average molecular weight is 312 g/mol. The Morgan fingerprint density at radius 3 is 2.70 bits per heavy atom. The normalized spacial score (nSPS) is 19.2. The molecule has 0 saturated carbocycles. The number of imidazole rings is 1. The Morgan fingerprint density at radius 2 is 2.05 bits per heavy atom. The predicted octanol–water partition coefficient (Wildman–Crippen LogP) is 2.46. The number of fused-ring (bicyclic) bond motifs is 1. The van der Waals surface area contributed by atoms with Gasteiger partial charge in [-0.15, -0.1) is 0 Å². The van der Waals surface area contributed by atoms with Crippen LogP contribution in [0.2, 0.25) is 0 Å². The molecule has 7 heteroatoms. The van der Waals surface area contributed by atoms with E-state index in [2.05, 4.69) is 4.98 Å². The zero-order chi connectivity index (χ0) is 14.3. The number of hydrogen-bond donors (Lipinski definition) is 1. The van der Waals surface area contributed by atoms with Crippen LogP contribution in [0, 0.1) is 4.77 Å². The van der Waals surface area contributed by atoms with Crippen LogP contribution in [0.25, 0.3) is 11.0 Å². The number of methoxy groups -OCH3 is 1. The van der Waals surface area contributed by atoms with E-state index in [9.17, 15) is 8.42 Å². The number of H-pyrrole nitrogens is 1. The van der Waals surface area contributed by atoms with Crippen LogP contribution in [-0.2, 0) is 9.84 Å². The summed E-state index contributed by atoms with van der Waals surface area (Å²) in [4.78, 5) is 3.17. The molecule has 0 aliphatic carbocycles. The van der Waals surface area contributed by atoms with Crippen molar-refractivity contribution in [3.05, 3.63) is 23.0 Å². The largest absolute Gasteiger partial charge is 0.497 e. The second-order valence-electron chi connectivity index (χ2n) is 5.07. The Labute approximate surface area is 122 Å². The minimum atomic E-state index is -2.87. The third-order valence-electron chi connectivity index (χ3n) is 3.81. The van der Waals surface area contributed by atoms with Gasteiger partial charge in [0, 0.05) is 12.1 Å². The van der Waals surface area contributed by atoms with E-state index in [1.54, 1.807) is 7.11 Å². The summed E-state index contributed by atoms with van der Waals surface area (Å²) in [7, 11) is -1.24. The van der Waals surface area contributed by atoms with E-state index in [1.807, 2.05) is 22.8 Å².